The molecule has 27 heavy (non-hydrogen) atoms. The average molecular weight is 368 g/mol. The van der Waals surface area contributed by atoms with Crippen LogP contribution in [0.5, 0.6) is 11.5 Å². The zero-order chi connectivity index (χ0) is 18.3. The molecule has 2 fully saturated rings. The molecule has 1 N–H and O–H groups in total. The van der Waals surface area contributed by atoms with Crippen molar-refractivity contribution in [1.82, 2.24) is 19.8 Å². The third-order valence-electron chi connectivity index (χ3n) is 6.53. The molecule has 6 heteroatoms. The molecule has 3 heterocycles. The predicted molar refractivity (Wildman–Crippen MR) is 103 cm³/mol. The molecule has 1 aliphatic carbocycles. The normalized spacial score (nSPS) is 22.5. The van der Waals surface area contributed by atoms with Gasteiger partial charge in [-0.15, -0.1) is 0 Å². The van der Waals surface area contributed by atoms with E-state index in [2.05, 4.69) is 45.0 Å². The highest BCUT2D eigenvalue weighted by Gasteiger charge is 2.56. The highest BCUT2D eigenvalue weighted by Crippen LogP contribution is 2.56. The van der Waals surface area contributed by atoms with Crippen molar-refractivity contribution in [1.29, 1.82) is 0 Å². The summed E-state index contributed by atoms with van der Waals surface area (Å²) in [5, 5.41) is 3.52. The van der Waals surface area contributed by atoms with Gasteiger partial charge in [-0.2, -0.15) is 0 Å². The largest absolute Gasteiger partial charge is 0.454 e. The standard InChI is InChI=1S/C21H28N4O2/c1-2-24-11-10-23-19(24)14-25(18-12-21(18)6-8-22-9-7-21)13-16-4-3-5-17-20(16)27-15-26-17/h3-5,10-11,18,22H,2,6-9,12-15H2,1H3/t18-/m1/s1. The fourth-order valence-corrected chi connectivity index (χ4v) is 4.88. The summed E-state index contributed by atoms with van der Waals surface area (Å²) in [6, 6.07) is 6.86. The molecular formula is C21H28N4O2. The van der Waals surface area contributed by atoms with Crippen LogP contribution in [0.4, 0.5) is 0 Å². The quantitative estimate of drug-likeness (QED) is 0.850. The third kappa shape index (κ3) is 3.11. The molecule has 0 unspecified atom stereocenters. The second-order valence-corrected chi connectivity index (χ2v) is 8.02. The molecule has 144 valence electrons. The van der Waals surface area contributed by atoms with Crippen LogP contribution < -0.4 is 14.8 Å². The van der Waals surface area contributed by atoms with Gasteiger partial charge >= 0.3 is 0 Å². The van der Waals surface area contributed by atoms with E-state index in [1.165, 1.54) is 24.8 Å². The highest BCUT2D eigenvalue weighted by atomic mass is 16.7. The molecule has 1 aromatic carbocycles. The number of ether oxygens (including phenoxy) is 2. The van der Waals surface area contributed by atoms with Gasteiger partial charge in [0, 0.05) is 37.1 Å². The Morgan fingerprint density at radius 1 is 1.26 bits per heavy atom. The molecule has 1 spiro atoms. The number of imidazole rings is 1. The van der Waals surface area contributed by atoms with Crippen LogP contribution >= 0.6 is 0 Å². The number of rotatable bonds is 6. The van der Waals surface area contributed by atoms with E-state index < -0.39 is 0 Å². The maximum atomic E-state index is 5.77. The van der Waals surface area contributed by atoms with E-state index in [4.69, 9.17) is 9.47 Å². The zero-order valence-electron chi connectivity index (χ0n) is 16.0. The number of fused-ring (bicyclic) bond motifs is 1. The summed E-state index contributed by atoms with van der Waals surface area (Å²) >= 11 is 0. The Balaban J connectivity index is 1.41. The second kappa shape index (κ2) is 6.84. The molecule has 3 aliphatic rings. The Morgan fingerprint density at radius 2 is 2.15 bits per heavy atom. The maximum Gasteiger partial charge on any atom is 0.231 e. The minimum absolute atomic E-state index is 0.325. The summed E-state index contributed by atoms with van der Waals surface area (Å²) in [5.74, 6) is 2.94. The first-order chi connectivity index (χ1) is 13.3. The lowest BCUT2D eigenvalue weighted by molar-refractivity contribution is 0.165. The van der Waals surface area contributed by atoms with Crippen LogP contribution in [0.15, 0.2) is 30.6 Å². The fraction of sp³-hybridized carbons (Fsp3) is 0.571. The lowest BCUT2D eigenvalue weighted by Gasteiger charge is -2.29. The summed E-state index contributed by atoms with van der Waals surface area (Å²) in [6.45, 7) is 7.51. The predicted octanol–water partition coefficient (Wildman–Crippen LogP) is 2.78. The van der Waals surface area contributed by atoms with Gasteiger partial charge in [0.1, 0.15) is 5.82 Å². The van der Waals surface area contributed by atoms with Crippen LogP contribution in [-0.4, -0.2) is 40.4 Å². The Hall–Kier alpha value is -2.05. The van der Waals surface area contributed by atoms with Gasteiger partial charge in [0.15, 0.2) is 11.5 Å². The number of nitrogens with zero attached hydrogens (tertiary/aromatic N) is 3. The van der Waals surface area contributed by atoms with E-state index in [-0.39, 0.29) is 0 Å². The van der Waals surface area contributed by atoms with E-state index in [9.17, 15) is 0 Å². The van der Waals surface area contributed by atoms with Crippen molar-refractivity contribution >= 4 is 0 Å². The van der Waals surface area contributed by atoms with Crippen molar-refractivity contribution in [2.24, 2.45) is 5.41 Å². The maximum absolute atomic E-state index is 5.77. The first-order valence-electron chi connectivity index (χ1n) is 10.1. The molecular weight excluding hydrogens is 340 g/mol. The fourth-order valence-electron chi connectivity index (χ4n) is 4.88. The molecule has 5 rings (SSSR count). The zero-order valence-corrected chi connectivity index (χ0v) is 16.0. The van der Waals surface area contributed by atoms with Crippen LogP contribution in [0.25, 0.3) is 0 Å². The molecule has 6 nitrogen and oxygen atoms in total. The molecule has 2 aliphatic heterocycles. The van der Waals surface area contributed by atoms with E-state index >= 15 is 0 Å². The minimum Gasteiger partial charge on any atom is -0.454 e. The topological polar surface area (TPSA) is 51.6 Å². The minimum atomic E-state index is 0.325. The number of hydrogen-bond donors (Lipinski definition) is 1. The Kier molecular flexibility index (Phi) is 4.32. The van der Waals surface area contributed by atoms with Crippen molar-refractivity contribution in [3.8, 4) is 11.5 Å². The number of nitrogens with one attached hydrogen (secondary N) is 1. The third-order valence-corrected chi connectivity index (χ3v) is 6.53. The second-order valence-electron chi connectivity index (χ2n) is 8.02. The molecule has 1 saturated carbocycles. The van der Waals surface area contributed by atoms with Crippen LogP contribution in [0.3, 0.4) is 0 Å². The summed E-state index contributed by atoms with van der Waals surface area (Å²) < 4.78 is 13.6. The van der Waals surface area contributed by atoms with Crippen LogP contribution in [-0.2, 0) is 19.6 Å². The first kappa shape index (κ1) is 17.1. The van der Waals surface area contributed by atoms with Crippen molar-refractivity contribution in [2.45, 2.75) is 51.9 Å². The van der Waals surface area contributed by atoms with Crippen molar-refractivity contribution in [3.05, 3.63) is 42.0 Å². The van der Waals surface area contributed by atoms with E-state index in [1.54, 1.807) is 0 Å². The molecule has 0 bridgehead atoms. The van der Waals surface area contributed by atoms with Crippen LogP contribution in [0.1, 0.15) is 37.6 Å². The lowest BCUT2D eigenvalue weighted by Crippen LogP contribution is -2.36. The first-order valence-corrected chi connectivity index (χ1v) is 10.1. The van der Waals surface area contributed by atoms with Gasteiger partial charge in [-0.3, -0.25) is 4.90 Å². The van der Waals surface area contributed by atoms with E-state index in [0.717, 1.165) is 50.0 Å². The monoisotopic (exact) mass is 368 g/mol. The number of para-hydroxylation sites is 1. The van der Waals surface area contributed by atoms with Gasteiger partial charge in [-0.05, 0) is 50.8 Å². The van der Waals surface area contributed by atoms with Crippen LogP contribution in [0, 0.1) is 5.41 Å². The Labute approximate surface area is 160 Å². The summed E-state index contributed by atoms with van der Waals surface area (Å²) in [4.78, 5) is 7.26. The molecule has 1 aromatic heterocycles. The average Bonchev–Trinajstić information content (AvgIpc) is 3.07. The van der Waals surface area contributed by atoms with Gasteiger partial charge in [0.25, 0.3) is 0 Å². The van der Waals surface area contributed by atoms with Crippen LogP contribution in [0.2, 0.25) is 0 Å². The van der Waals surface area contributed by atoms with Gasteiger partial charge in [-0.25, -0.2) is 4.98 Å². The lowest BCUT2D eigenvalue weighted by atomic mass is 9.93. The smallest absolute Gasteiger partial charge is 0.231 e. The van der Waals surface area contributed by atoms with E-state index in [1.807, 2.05) is 12.3 Å². The molecule has 1 saturated heterocycles. The summed E-state index contributed by atoms with van der Waals surface area (Å²) in [6.07, 6.45) is 7.86. The summed E-state index contributed by atoms with van der Waals surface area (Å²) in [7, 11) is 0. The molecule has 0 radical (unpaired) electrons. The number of benzene rings is 1. The number of piperidine rings is 1. The van der Waals surface area contributed by atoms with Gasteiger partial charge < -0.3 is 19.4 Å². The van der Waals surface area contributed by atoms with Crippen molar-refractivity contribution in [2.75, 3.05) is 19.9 Å². The summed E-state index contributed by atoms with van der Waals surface area (Å²) in [5.41, 5.74) is 1.71. The van der Waals surface area contributed by atoms with Gasteiger partial charge in [0.2, 0.25) is 6.79 Å². The highest BCUT2D eigenvalue weighted by molar-refractivity contribution is 5.48. The van der Waals surface area contributed by atoms with Gasteiger partial charge in [-0.1, -0.05) is 12.1 Å². The number of aryl methyl sites for hydroxylation is 1. The SMILES string of the molecule is CCn1ccnc1CN(Cc1cccc2c1OCO2)[C@@H]1CC12CCNCC2. The van der Waals surface area contributed by atoms with Crippen molar-refractivity contribution < 1.29 is 9.47 Å². The number of aromatic nitrogens is 2. The molecule has 2 aromatic rings. The Morgan fingerprint density at radius 3 is 3.00 bits per heavy atom. The van der Waals surface area contributed by atoms with Gasteiger partial charge in [0.05, 0.1) is 6.54 Å². The number of hydrogen-bond acceptors (Lipinski definition) is 5. The van der Waals surface area contributed by atoms with E-state index in [0.29, 0.717) is 18.2 Å². The molecule has 1 atom stereocenters. The molecule has 0 amide bonds. The Bertz CT molecular complexity index is 812. The van der Waals surface area contributed by atoms with Crippen molar-refractivity contribution in [3.63, 3.8) is 0 Å².